The fraction of sp³-hybridized carbons (Fsp3) is 0.959. The van der Waals surface area contributed by atoms with E-state index in [2.05, 4.69) is 20.8 Å². The molecule has 0 aromatic heterocycles. The van der Waals surface area contributed by atoms with Gasteiger partial charge in [-0.2, -0.15) is 0 Å². The maximum Gasteiger partial charge on any atom is 0.306 e. The quantitative estimate of drug-likeness (QED) is 0.0343. The van der Waals surface area contributed by atoms with Crippen LogP contribution in [0.25, 0.3) is 0 Å². The van der Waals surface area contributed by atoms with Gasteiger partial charge in [0.05, 0.1) is 0 Å². The summed E-state index contributed by atoms with van der Waals surface area (Å²) in [6.45, 7) is 6.65. The summed E-state index contributed by atoms with van der Waals surface area (Å²) in [5.74, 6) is -0.841. The predicted molar refractivity (Wildman–Crippen MR) is 344 cm³/mol. The molecular formula is C73H142O6. The van der Waals surface area contributed by atoms with E-state index in [1.807, 2.05) is 0 Å². The third-order valence-corrected chi connectivity index (χ3v) is 17.1. The highest BCUT2D eigenvalue weighted by molar-refractivity contribution is 5.71. The largest absolute Gasteiger partial charge is 0.462 e. The van der Waals surface area contributed by atoms with Crippen molar-refractivity contribution in [1.82, 2.24) is 0 Å². The van der Waals surface area contributed by atoms with E-state index in [-0.39, 0.29) is 31.1 Å². The lowest BCUT2D eigenvalue weighted by Gasteiger charge is -2.18. The molecule has 0 N–H and O–H groups in total. The van der Waals surface area contributed by atoms with Crippen LogP contribution in [-0.4, -0.2) is 37.2 Å². The number of rotatable bonds is 69. The van der Waals surface area contributed by atoms with Crippen LogP contribution >= 0.6 is 0 Å². The highest BCUT2D eigenvalue weighted by Gasteiger charge is 2.19. The first kappa shape index (κ1) is 77.4. The Labute approximate surface area is 495 Å². The minimum Gasteiger partial charge on any atom is -0.462 e. The molecule has 1 atom stereocenters. The van der Waals surface area contributed by atoms with E-state index in [1.54, 1.807) is 0 Å². The lowest BCUT2D eigenvalue weighted by atomic mass is 10.0. The van der Waals surface area contributed by atoms with E-state index in [0.29, 0.717) is 19.3 Å². The molecule has 6 heteroatoms. The lowest BCUT2D eigenvalue weighted by molar-refractivity contribution is -0.167. The molecule has 79 heavy (non-hydrogen) atoms. The Balaban J connectivity index is 3.88. The van der Waals surface area contributed by atoms with Gasteiger partial charge in [0.1, 0.15) is 13.2 Å². The summed E-state index contributed by atoms with van der Waals surface area (Å²) in [5, 5.41) is 0. The molecule has 0 aliphatic heterocycles. The molecule has 0 heterocycles. The molecule has 0 saturated heterocycles. The molecule has 0 saturated carbocycles. The second kappa shape index (κ2) is 68.9. The molecule has 0 aromatic rings. The zero-order valence-corrected chi connectivity index (χ0v) is 54.2. The van der Waals surface area contributed by atoms with Crippen LogP contribution < -0.4 is 0 Å². The molecule has 0 rings (SSSR count). The summed E-state index contributed by atoms with van der Waals surface area (Å²) in [7, 11) is 0. The molecule has 0 bridgehead atoms. The summed E-state index contributed by atoms with van der Waals surface area (Å²) < 4.78 is 16.8. The Hall–Kier alpha value is -1.59. The molecule has 470 valence electrons. The summed E-state index contributed by atoms with van der Waals surface area (Å²) in [6.07, 6.45) is 82.1. The zero-order chi connectivity index (χ0) is 57.1. The minimum atomic E-state index is -0.761. The number of carbonyl (C=O) groups excluding carboxylic acids is 3. The topological polar surface area (TPSA) is 78.9 Å². The Morgan fingerprint density at radius 3 is 0.506 bits per heavy atom. The van der Waals surface area contributed by atoms with Crippen LogP contribution in [0.15, 0.2) is 0 Å². The van der Waals surface area contributed by atoms with Gasteiger partial charge in [-0.05, 0) is 19.3 Å². The monoisotopic (exact) mass is 1120 g/mol. The Bertz CT molecular complexity index is 1190. The smallest absolute Gasteiger partial charge is 0.306 e. The Morgan fingerprint density at radius 1 is 0.203 bits per heavy atom. The molecule has 1 unspecified atom stereocenters. The van der Waals surface area contributed by atoms with Crippen molar-refractivity contribution >= 4 is 17.9 Å². The van der Waals surface area contributed by atoms with Crippen LogP contribution in [0.4, 0.5) is 0 Å². The fourth-order valence-electron chi connectivity index (χ4n) is 11.6. The van der Waals surface area contributed by atoms with Crippen LogP contribution in [0, 0.1) is 0 Å². The highest BCUT2D eigenvalue weighted by Crippen LogP contribution is 2.20. The summed E-state index contributed by atoms with van der Waals surface area (Å²) >= 11 is 0. The van der Waals surface area contributed by atoms with Gasteiger partial charge in [-0.25, -0.2) is 0 Å². The van der Waals surface area contributed by atoms with Crippen molar-refractivity contribution in [2.45, 2.75) is 438 Å². The first-order valence-corrected chi connectivity index (χ1v) is 36.5. The van der Waals surface area contributed by atoms with Crippen molar-refractivity contribution in [1.29, 1.82) is 0 Å². The van der Waals surface area contributed by atoms with Crippen LogP contribution in [-0.2, 0) is 28.6 Å². The molecule has 0 spiro atoms. The van der Waals surface area contributed by atoms with Crippen molar-refractivity contribution in [2.24, 2.45) is 0 Å². The zero-order valence-electron chi connectivity index (χ0n) is 54.2. The number of hydrogen-bond donors (Lipinski definition) is 0. The third kappa shape index (κ3) is 67.1. The van der Waals surface area contributed by atoms with Crippen molar-refractivity contribution in [2.75, 3.05) is 13.2 Å². The van der Waals surface area contributed by atoms with Gasteiger partial charge in [-0.15, -0.1) is 0 Å². The van der Waals surface area contributed by atoms with Gasteiger partial charge in [0.15, 0.2) is 6.10 Å². The number of ether oxygens (including phenoxy) is 3. The number of hydrogen-bond acceptors (Lipinski definition) is 6. The van der Waals surface area contributed by atoms with Crippen LogP contribution in [0.1, 0.15) is 432 Å². The van der Waals surface area contributed by atoms with Gasteiger partial charge in [-0.3, -0.25) is 14.4 Å². The number of carbonyl (C=O) groups is 3. The predicted octanol–water partition coefficient (Wildman–Crippen LogP) is 25.0. The number of unbranched alkanes of at least 4 members (excludes halogenated alkanes) is 58. The van der Waals surface area contributed by atoms with E-state index in [9.17, 15) is 14.4 Å². The third-order valence-electron chi connectivity index (χ3n) is 17.1. The molecule has 0 aliphatic carbocycles. The first-order valence-electron chi connectivity index (χ1n) is 36.5. The molecule has 0 fully saturated rings. The van der Waals surface area contributed by atoms with Gasteiger partial charge in [0, 0.05) is 19.3 Å². The van der Waals surface area contributed by atoms with Crippen LogP contribution in [0.2, 0.25) is 0 Å². The second-order valence-corrected chi connectivity index (χ2v) is 25.2. The summed E-state index contributed by atoms with van der Waals surface area (Å²) in [6, 6.07) is 0. The molecule has 6 nitrogen and oxygen atoms in total. The minimum absolute atomic E-state index is 0.0620. The molecule has 0 aliphatic rings. The second-order valence-electron chi connectivity index (χ2n) is 25.2. The molecule has 0 aromatic carbocycles. The van der Waals surface area contributed by atoms with Crippen LogP contribution in [0.5, 0.6) is 0 Å². The van der Waals surface area contributed by atoms with Gasteiger partial charge in [-0.1, -0.05) is 393 Å². The van der Waals surface area contributed by atoms with Gasteiger partial charge >= 0.3 is 17.9 Å². The molecule has 0 radical (unpaired) electrons. The van der Waals surface area contributed by atoms with E-state index < -0.39 is 6.10 Å². The van der Waals surface area contributed by atoms with Gasteiger partial charge in [0.2, 0.25) is 0 Å². The Morgan fingerprint density at radius 2 is 0.342 bits per heavy atom. The average molecular weight is 1120 g/mol. The van der Waals surface area contributed by atoms with E-state index in [4.69, 9.17) is 14.2 Å². The standard InChI is InChI=1S/C73H142O6/c1-4-7-10-13-15-17-19-21-23-25-27-29-31-33-35-37-39-41-43-45-47-49-51-53-55-57-60-63-66-72(75)78-69-70(68-77-71(74)65-62-59-12-9-6-3)79-73(76)67-64-61-58-56-54-52-50-48-46-44-42-40-38-36-34-32-30-28-26-24-22-20-18-16-14-11-8-5-2/h70H,4-69H2,1-3H3. The SMILES string of the molecule is CCCCCCCCCCCCCCCCCCCCCCCCCCCCCCC(=O)OCC(COC(=O)CCCCCCC)OC(=O)CCCCCCCCCCCCCCCCCCCCCCCCCCCCCC. The van der Waals surface area contributed by atoms with Crippen molar-refractivity contribution < 1.29 is 28.6 Å². The summed E-state index contributed by atoms with van der Waals surface area (Å²) in [4.78, 5) is 38.0. The fourth-order valence-corrected chi connectivity index (χ4v) is 11.6. The Kier molecular flexibility index (Phi) is 67.5. The van der Waals surface area contributed by atoms with Crippen molar-refractivity contribution in [3.05, 3.63) is 0 Å². The van der Waals surface area contributed by atoms with E-state index >= 15 is 0 Å². The van der Waals surface area contributed by atoms with E-state index in [1.165, 1.54) is 327 Å². The first-order chi connectivity index (χ1) is 39.0. The van der Waals surface area contributed by atoms with Crippen LogP contribution in [0.3, 0.4) is 0 Å². The van der Waals surface area contributed by atoms with E-state index in [0.717, 1.165) is 64.2 Å². The summed E-state index contributed by atoms with van der Waals surface area (Å²) in [5.41, 5.74) is 0. The normalized spacial score (nSPS) is 11.9. The van der Waals surface area contributed by atoms with Gasteiger partial charge in [0.25, 0.3) is 0 Å². The lowest BCUT2D eigenvalue weighted by Crippen LogP contribution is -2.30. The van der Waals surface area contributed by atoms with Gasteiger partial charge < -0.3 is 14.2 Å². The number of esters is 3. The average Bonchev–Trinajstić information content (AvgIpc) is 3.45. The molecular weight excluding hydrogens is 973 g/mol. The highest BCUT2D eigenvalue weighted by atomic mass is 16.6. The van der Waals surface area contributed by atoms with Crippen molar-refractivity contribution in [3.63, 3.8) is 0 Å². The maximum absolute atomic E-state index is 12.9. The maximum atomic E-state index is 12.9. The van der Waals surface area contributed by atoms with Crippen molar-refractivity contribution in [3.8, 4) is 0 Å². The molecule has 0 amide bonds.